The topological polar surface area (TPSA) is 50.1 Å². The van der Waals surface area contributed by atoms with Gasteiger partial charge in [-0.3, -0.25) is 4.79 Å². The molecule has 1 atom stereocenters. The van der Waals surface area contributed by atoms with Gasteiger partial charge in [-0.25, -0.2) is 9.37 Å². The normalized spacial score (nSPS) is 14.9. The molecule has 1 aliphatic rings. The number of anilines is 1. The fourth-order valence-electron chi connectivity index (χ4n) is 4.73. The van der Waals surface area contributed by atoms with Crippen LogP contribution in [0.3, 0.4) is 0 Å². The maximum absolute atomic E-state index is 14.9. The molecule has 34 heavy (non-hydrogen) atoms. The Morgan fingerprint density at radius 2 is 1.74 bits per heavy atom. The van der Waals surface area contributed by atoms with E-state index in [1.165, 1.54) is 6.07 Å². The first-order valence-electron chi connectivity index (χ1n) is 11.5. The summed E-state index contributed by atoms with van der Waals surface area (Å²) in [4.78, 5) is 22.0. The Labute approximate surface area is 198 Å². The summed E-state index contributed by atoms with van der Waals surface area (Å²) in [7, 11) is 1.67. The van der Waals surface area contributed by atoms with Gasteiger partial charge in [0.05, 0.1) is 18.5 Å². The second kappa shape index (κ2) is 9.55. The molecule has 1 amide bonds. The van der Waals surface area contributed by atoms with Crippen LogP contribution in [0.15, 0.2) is 79.1 Å². The Morgan fingerprint density at radius 3 is 2.53 bits per heavy atom. The van der Waals surface area contributed by atoms with Gasteiger partial charge in [-0.15, -0.1) is 0 Å². The number of rotatable bonds is 6. The van der Waals surface area contributed by atoms with E-state index in [1.807, 2.05) is 64.0 Å². The highest BCUT2D eigenvalue weighted by atomic mass is 19.1. The maximum Gasteiger partial charge on any atom is 0.223 e. The minimum absolute atomic E-state index is 0.0128. The largest absolute Gasteiger partial charge is 0.495 e. The molecular formula is C27H27FN4O2. The number of carbonyl (C=O) groups is 1. The molecule has 1 unspecified atom stereocenters. The van der Waals surface area contributed by atoms with Crippen LogP contribution in [-0.2, 0) is 4.79 Å². The molecule has 1 aliphatic heterocycles. The number of nitrogens with zero attached hydrogens (tertiary/aromatic N) is 4. The first kappa shape index (κ1) is 21.9. The van der Waals surface area contributed by atoms with Crippen LogP contribution < -0.4 is 9.64 Å². The predicted octanol–water partition coefficient (Wildman–Crippen LogP) is 4.35. The van der Waals surface area contributed by atoms with Crippen molar-refractivity contribution in [2.45, 2.75) is 12.3 Å². The van der Waals surface area contributed by atoms with Crippen molar-refractivity contribution < 1.29 is 13.9 Å². The van der Waals surface area contributed by atoms with Crippen LogP contribution in [-0.4, -0.2) is 53.5 Å². The van der Waals surface area contributed by atoms with Gasteiger partial charge in [0, 0.05) is 50.9 Å². The third-order valence-corrected chi connectivity index (χ3v) is 6.52. The molecule has 1 fully saturated rings. The molecule has 0 saturated carbocycles. The number of amides is 1. The molecule has 0 radical (unpaired) electrons. The fraction of sp³-hybridized carbons (Fsp3) is 0.259. The Bertz CT molecular complexity index is 1300. The molecule has 4 aromatic rings. The number of hydrogen-bond donors (Lipinski definition) is 0. The lowest BCUT2D eigenvalue weighted by molar-refractivity contribution is -0.131. The molecule has 174 valence electrons. The predicted molar refractivity (Wildman–Crippen MR) is 130 cm³/mol. The highest BCUT2D eigenvalue weighted by molar-refractivity contribution is 5.78. The van der Waals surface area contributed by atoms with Crippen molar-refractivity contribution in [3.63, 3.8) is 0 Å². The number of para-hydroxylation sites is 2. The summed E-state index contributed by atoms with van der Waals surface area (Å²) >= 11 is 0. The molecule has 5 rings (SSSR count). The Morgan fingerprint density at radius 1 is 1.00 bits per heavy atom. The minimum atomic E-state index is -0.432. The summed E-state index contributed by atoms with van der Waals surface area (Å²) in [5, 5.41) is 0. The Balaban J connectivity index is 1.36. The molecule has 0 bridgehead atoms. The number of hydrogen-bond acceptors (Lipinski definition) is 4. The van der Waals surface area contributed by atoms with Crippen LogP contribution in [0.1, 0.15) is 23.6 Å². The summed E-state index contributed by atoms with van der Waals surface area (Å²) in [5.74, 6) is 0.0961. The van der Waals surface area contributed by atoms with Crippen LogP contribution in [0.25, 0.3) is 5.65 Å². The van der Waals surface area contributed by atoms with Crippen molar-refractivity contribution in [3.8, 4) is 5.75 Å². The molecule has 2 aromatic carbocycles. The van der Waals surface area contributed by atoms with Gasteiger partial charge >= 0.3 is 0 Å². The van der Waals surface area contributed by atoms with E-state index in [9.17, 15) is 9.18 Å². The lowest BCUT2D eigenvalue weighted by Crippen LogP contribution is -2.49. The molecule has 3 heterocycles. The van der Waals surface area contributed by atoms with Crippen LogP contribution in [0.2, 0.25) is 0 Å². The molecule has 6 nitrogen and oxygen atoms in total. The second-order valence-electron chi connectivity index (χ2n) is 8.43. The van der Waals surface area contributed by atoms with E-state index >= 15 is 0 Å². The molecule has 0 aliphatic carbocycles. The van der Waals surface area contributed by atoms with Crippen molar-refractivity contribution in [3.05, 3.63) is 96.2 Å². The number of carbonyl (C=O) groups excluding carboxylic acids is 1. The van der Waals surface area contributed by atoms with E-state index in [1.54, 1.807) is 25.4 Å². The zero-order valence-corrected chi connectivity index (χ0v) is 19.1. The standard InChI is InChI=1S/C27H27FN4O2/c1-34-25-11-5-4-10-23(25)30-14-16-31(17-15-30)27(33)18-21(20-8-2-3-9-22(20)28)24-19-29-26-12-6-7-13-32(24)26/h2-13,19,21H,14-18H2,1H3. The monoisotopic (exact) mass is 458 g/mol. The molecule has 7 heteroatoms. The van der Waals surface area contributed by atoms with Crippen molar-refractivity contribution in [1.82, 2.24) is 14.3 Å². The van der Waals surface area contributed by atoms with Gasteiger partial charge in [-0.2, -0.15) is 0 Å². The number of halogens is 1. The van der Waals surface area contributed by atoms with Crippen LogP contribution in [0.4, 0.5) is 10.1 Å². The van der Waals surface area contributed by atoms with E-state index in [0.717, 1.165) is 22.8 Å². The van der Waals surface area contributed by atoms with Gasteiger partial charge < -0.3 is 18.9 Å². The highest BCUT2D eigenvalue weighted by Gasteiger charge is 2.29. The maximum atomic E-state index is 14.9. The zero-order chi connectivity index (χ0) is 23.5. The number of aromatic nitrogens is 2. The number of pyridine rings is 1. The van der Waals surface area contributed by atoms with Crippen molar-refractivity contribution in [1.29, 1.82) is 0 Å². The van der Waals surface area contributed by atoms with Gasteiger partial charge in [-0.05, 0) is 35.9 Å². The SMILES string of the molecule is COc1ccccc1N1CCN(C(=O)CC(c2ccccc2F)c2cnc3ccccn23)CC1. The fourth-order valence-corrected chi connectivity index (χ4v) is 4.73. The number of methoxy groups -OCH3 is 1. The van der Waals surface area contributed by atoms with E-state index in [4.69, 9.17) is 4.74 Å². The smallest absolute Gasteiger partial charge is 0.223 e. The van der Waals surface area contributed by atoms with E-state index in [2.05, 4.69) is 9.88 Å². The summed E-state index contributed by atoms with van der Waals surface area (Å²) in [6.07, 6.45) is 3.83. The van der Waals surface area contributed by atoms with E-state index in [0.29, 0.717) is 31.7 Å². The van der Waals surface area contributed by atoms with Gasteiger partial charge in [0.15, 0.2) is 0 Å². The van der Waals surface area contributed by atoms with Gasteiger partial charge in [0.1, 0.15) is 17.2 Å². The summed E-state index contributed by atoms with van der Waals surface area (Å²) in [5.41, 5.74) is 3.12. The second-order valence-corrected chi connectivity index (χ2v) is 8.43. The van der Waals surface area contributed by atoms with E-state index in [-0.39, 0.29) is 18.1 Å². The average molecular weight is 459 g/mol. The molecule has 2 aromatic heterocycles. The van der Waals surface area contributed by atoms with Crippen molar-refractivity contribution in [2.75, 3.05) is 38.2 Å². The third-order valence-electron chi connectivity index (χ3n) is 6.52. The van der Waals surface area contributed by atoms with Crippen molar-refractivity contribution in [2.24, 2.45) is 0 Å². The minimum Gasteiger partial charge on any atom is -0.495 e. The number of piperazine rings is 1. The molecular weight excluding hydrogens is 431 g/mol. The van der Waals surface area contributed by atoms with Crippen LogP contribution >= 0.6 is 0 Å². The Kier molecular flexibility index (Phi) is 6.16. The molecule has 0 N–H and O–H groups in total. The van der Waals surface area contributed by atoms with Crippen LogP contribution in [0, 0.1) is 5.82 Å². The van der Waals surface area contributed by atoms with E-state index < -0.39 is 5.92 Å². The first-order valence-corrected chi connectivity index (χ1v) is 11.5. The third kappa shape index (κ3) is 4.21. The lowest BCUT2D eigenvalue weighted by atomic mass is 9.91. The molecule has 1 saturated heterocycles. The van der Waals surface area contributed by atoms with Gasteiger partial charge in [0.2, 0.25) is 5.91 Å². The van der Waals surface area contributed by atoms with Gasteiger partial charge in [0.25, 0.3) is 0 Å². The van der Waals surface area contributed by atoms with Crippen LogP contribution in [0.5, 0.6) is 5.75 Å². The summed E-state index contributed by atoms with van der Waals surface area (Å²) < 4.78 is 22.3. The zero-order valence-electron chi connectivity index (χ0n) is 19.1. The molecule has 0 spiro atoms. The number of imidazole rings is 1. The number of ether oxygens (including phenoxy) is 1. The average Bonchev–Trinajstić information content (AvgIpc) is 3.32. The lowest BCUT2D eigenvalue weighted by Gasteiger charge is -2.37. The Hall–Kier alpha value is -3.87. The van der Waals surface area contributed by atoms with Crippen molar-refractivity contribution >= 4 is 17.2 Å². The first-order chi connectivity index (χ1) is 16.7. The quantitative estimate of drug-likeness (QED) is 0.431. The number of fused-ring (bicyclic) bond motifs is 1. The number of benzene rings is 2. The highest BCUT2D eigenvalue weighted by Crippen LogP contribution is 2.32. The summed E-state index contributed by atoms with van der Waals surface area (Å²) in [6.45, 7) is 2.64. The van der Waals surface area contributed by atoms with Gasteiger partial charge in [-0.1, -0.05) is 36.4 Å². The summed E-state index contributed by atoms with van der Waals surface area (Å²) in [6, 6.07) is 20.3.